The molecule has 1 aromatic carbocycles. The second-order valence-corrected chi connectivity index (χ2v) is 7.35. The van der Waals surface area contributed by atoms with Crippen LogP contribution in [0.1, 0.15) is 43.1 Å². The summed E-state index contributed by atoms with van der Waals surface area (Å²) in [6.07, 6.45) is 1.95. The van der Waals surface area contributed by atoms with E-state index in [2.05, 4.69) is 41.2 Å². The molecule has 1 aliphatic rings. The Morgan fingerprint density at radius 1 is 1.15 bits per heavy atom. The van der Waals surface area contributed by atoms with Crippen molar-refractivity contribution in [1.82, 2.24) is 14.8 Å². The summed E-state index contributed by atoms with van der Waals surface area (Å²) in [6, 6.07) is 12.1. The molecule has 2 heterocycles. The molecule has 5 nitrogen and oxygen atoms in total. The molecule has 1 unspecified atom stereocenters. The Kier molecular flexibility index (Phi) is 5.45. The number of nitrogens with zero attached hydrogens (tertiary/aromatic N) is 2. The Hall–Kier alpha value is -2.56. The van der Waals surface area contributed by atoms with E-state index in [-0.39, 0.29) is 24.3 Å². The highest BCUT2D eigenvalue weighted by Crippen LogP contribution is 2.34. The molecule has 26 heavy (non-hydrogen) atoms. The standard InChI is InChI=1S/C21H27N3O2/c1-15(2)14-22-19(25)13-20(26)24-12-11-23-10-6-9-18(23)21(24)17-8-5-4-7-16(17)3/h4-10,15,21H,11-14H2,1-3H3,(H,22,25). The number of fused-ring (bicyclic) bond motifs is 1. The summed E-state index contributed by atoms with van der Waals surface area (Å²) >= 11 is 0. The van der Waals surface area contributed by atoms with Gasteiger partial charge in [-0.05, 0) is 36.1 Å². The van der Waals surface area contributed by atoms with Crippen molar-refractivity contribution in [2.24, 2.45) is 5.92 Å². The zero-order valence-electron chi connectivity index (χ0n) is 15.7. The minimum absolute atomic E-state index is 0.101. The van der Waals surface area contributed by atoms with Crippen molar-refractivity contribution < 1.29 is 9.59 Å². The van der Waals surface area contributed by atoms with Gasteiger partial charge in [0.15, 0.2) is 0 Å². The molecule has 3 rings (SSSR count). The maximum absolute atomic E-state index is 12.9. The third-order valence-corrected chi connectivity index (χ3v) is 4.86. The van der Waals surface area contributed by atoms with Crippen LogP contribution in [0, 0.1) is 12.8 Å². The second kappa shape index (κ2) is 7.77. The minimum Gasteiger partial charge on any atom is -0.355 e. The Labute approximate surface area is 155 Å². The first-order valence-corrected chi connectivity index (χ1v) is 9.24. The van der Waals surface area contributed by atoms with Gasteiger partial charge in [0.2, 0.25) is 11.8 Å². The second-order valence-electron chi connectivity index (χ2n) is 7.35. The average molecular weight is 353 g/mol. The quantitative estimate of drug-likeness (QED) is 0.841. The lowest BCUT2D eigenvalue weighted by Crippen LogP contribution is -2.44. The van der Waals surface area contributed by atoms with Crippen LogP contribution in [0.5, 0.6) is 0 Å². The van der Waals surface area contributed by atoms with Crippen LogP contribution in [0.3, 0.4) is 0 Å². The molecular weight excluding hydrogens is 326 g/mol. The summed E-state index contributed by atoms with van der Waals surface area (Å²) < 4.78 is 2.19. The predicted molar refractivity (Wildman–Crippen MR) is 102 cm³/mol. The largest absolute Gasteiger partial charge is 0.355 e. The molecule has 2 aromatic rings. The van der Waals surface area contributed by atoms with Gasteiger partial charge in [-0.1, -0.05) is 38.1 Å². The van der Waals surface area contributed by atoms with Gasteiger partial charge in [0.1, 0.15) is 6.42 Å². The van der Waals surface area contributed by atoms with E-state index in [0.29, 0.717) is 19.0 Å². The lowest BCUT2D eigenvalue weighted by Gasteiger charge is -2.38. The number of carbonyl (C=O) groups excluding carboxylic acids is 2. The number of amides is 2. The average Bonchev–Trinajstić information content (AvgIpc) is 3.08. The first-order valence-electron chi connectivity index (χ1n) is 9.24. The van der Waals surface area contributed by atoms with Gasteiger partial charge in [-0.2, -0.15) is 0 Å². The Morgan fingerprint density at radius 3 is 2.65 bits per heavy atom. The van der Waals surface area contributed by atoms with Crippen molar-refractivity contribution in [2.75, 3.05) is 13.1 Å². The van der Waals surface area contributed by atoms with Gasteiger partial charge < -0.3 is 14.8 Å². The van der Waals surface area contributed by atoms with E-state index >= 15 is 0 Å². The molecule has 2 amide bonds. The molecule has 138 valence electrons. The van der Waals surface area contributed by atoms with Crippen LogP contribution >= 0.6 is 0 Å². The van der Waals surface area contributed by atoms with Gasteiger partial charge in [-0.3, -0.25) is 9.59 Å². The number of benzene rings is 1. The number of hydrogen-bond acceptors (Lipinski definition) is 2. The van der Waals surface area contributed by atoms with Crippen molar-refractivity contribution >= 4 is 11.8 Å². The van der Waals surface area contributed by atoms with Crippen molar-refractivity contribution in [3.8, 4) is 0 Å². The third kappa shape index (κ3) is 3.82. The summed E-state index contributed by atoms with van der Waals surface area (Å²) in [4.78, 5) is 26.9. The van der Waals surface area contributed by atoms with Crippen LogP contribution < -0.4 is 5.32 Å². The van der Waals surface area contributed by atoms with E-state index in [1.165, 1.54) is 0 Å². The number of rotatable bonds is 5. The zero-order chi connectivity index (χ0) is 18.7. The molecule has 1 atom stereocenters. The molecule has 1 N–H and O–H groups in total. The van der Waals surface area contributed by atoms with Gasteiger partial charge in [0.25, 0.3) is 0 Å². The van der Waals surface area contributed by atoms with Gasteiger partial charge in [-0.25, -0.2) is 0 Å². The number of aryl methyl sites for hydroxylation is 1. The van der Waals surface area contributed by atoms with E-state index in [1.807, 2.05) is 36.9 Å². The number of carbonyl (C=O) groups is 2. The highest BCUT2D eigenvalue weighted by molar-refractivity contribution is 5.97. The topological polar surface area (TPSA) is 54.3 Å². The highest BCUT2D eigenvalue weighted by Gasteiger charge is 2.33. The highest BCUT2D eigenvalue weighted by atomic mass is 16.2. The minimum atomic E-state index is -0.201. The Bertz CT molecular complexity index is 794. The van der Waals surface area contributed by atoms with Crippen molar-refractivity contribution in [3.63, 3.8) is 0 Å². The Morgan fingerprint density at radius 2 is 1.92 bits per heavy atom. The molecule has 0 saturated heterocycles. The predicted octanol–water partition coefficient (Wildman–Crippen LogP) is 2.89. The Balaban J connectivity index is 1.85. The fourth-order valence-corrected chi connectivity index (χ4v) is 3.49. The maximum Gasteiger partial charge on any atom is 0.232 e. The van der Waals surface area contributed by atoms with Crippen molar-refractivity contribution in [1.29, 1.82) is 0 Å². The van der Waals surface area contributed by atoms with Gasteiger partial charge >= 0.3 is 0 Å². The van der Waals surface area contributed by atoms with Crippen LogP contribution in [-0.4, -0.2) is 34.4 Å². The van der Waals surface area contributed by atoms with E-state index in [1.54, 1.807) is 0 Å². The first kappa shape index (κ1) is 18.2. The summed E-state index contributed by atoms with van der Waals surface area (Å²) in [6.45, 7) is 8.09. The van der Waals surface area contributed by atoms with E-state index in [4.69, 9.17) is 0 Å². The number of nitrogens with one attached hydrogen (secondary N) is 1. The lowest BCUT2D eigenvalue weighted by atomic mass is 9.95. The van der Waals surface area contributed by atoms with Crippen LogP contribution in [0.4, 0.5) is 0 Å². The van der Waals surface area contributed by atoms with E-state index in [9.17, 15) is 9.59 Å². The monoisotopic (exact) mass is 353 g/mol. The van der Waals surface area contributed by atoms with Crippen molar-refractivity contribution in [3.05, 3.63) is 59.4 Å². The number of aromatic nitrogens is 1. The summed E-state index contributed by atoms with van der Waals surface area (Å²) in [5, 5.41) is 2.84. The van der Waals surface area contributed by atoms with Crippen LogP contribution in [0.15, 0.2) is 42.6 Å². The van der Waals surface area contributed by atoms with Gasteiger partial charge in [0, 0.05) is 31.5 Å². The molecule has 5 heteroatoms. The zero-order valence-corrected chi connectivity index (χ0v) is 15.7. The number of hydrogen-bond donors (Lipinski definition) is 1. The SMILES string of the molecule is Cc1ccccc1C1c2cccn2CCN1C(=O)CC(=O)NCC(C)C. The van der Waals surface area contributed by atoms with Crippen LogP contribution in [0.25, 0.3) is 0 Å². The van der Waals surface area contributed by atoms with Crippen LogP contribution in [0.2, 0.25) is 0 Å². The fraction of sp³-hybridized carbons (Fsp3) is 0.429. The first-order chi connectivity index (χ1) is 12.5. The molecule has 1 aromatic heterocycles. The van der Waals surface area contributed by atoms with E-state index < -0.39 is 0 Å². The normalized spacial score (nSPS) is 16.5. The molecular formula is C21H27N3O2. The molecule has 0 saturated carbocycles. The summed E-state index contributed by atoms with van der Waals surface area (Å²) in [5.41, 5.74) is 3.36. The third-order valence-electron chi connectivity index (χ3n) is 4.86. The molecule has 0 aliphatic carbocycles. The smallest absolute Gasteiger partial charge is 0.232 e. The van der Waals surface area contributed by atoms with Crippen LogP contribution in [-0.2, 0) is 16.1 Å². The molecule has 1 aliphatic heterocycles. The fourth-order valence-electron chi connectivity index (χ4n) is 3.49. The molecule has 0 bridgehead atoms. The molecule has 0 fully saturated rings. The molecule has 0 radical (unpaired) electrons. The lowest BCUT2D eigenvalue weighted by molar-refractivity contribution is -0.138. The maximum atomic E-state index is 12.9. The van der Waals surface area contributed by atoms with Gasteiger partial charge in [0.05, 0.1) is 6.04 Å². The summed E-state index contributed by atoms with van der Waals surface area (Å²) in [7, 11) is 0. The van der Waals surface area contributed by atoms with Gasteiger partial charge in [-0.15, -0.1) is 0 Å². The molecule has 0 spiro atoms. The summed E-state index contributed by atoms with van der Waals surface area (Å²) in [5.74, 6) is 0.0483. The van der Waals surface area contributed by atoms with E-state index in [0.717, 1.165) is 23.4 Å². The van der Waals surface area contributed by atoms with Crippen molar-refractivity contribution in [2.45, 2.75) is 39.8 Å².